The maximum atomic E-state index is 11.4. The van der Waals surface area contributed by atoms with Crippen LogP contribution < -0.4 is 0 Å². The van der Waals surface area contributed by atoms with E-state index in [9.17, 15) is 4.79 Å². The summed E-state index contributed by atoms with van der Waals surface area (Å²) in [5.41, 5.74) is 0.619. The van der Waals surface area contributed by atoms with E-state index < -0.39 is 0 Å². The molecule has 1 amide bonds. The molecule has 1 heterocycles. The lowest BCUT2D eigenvalue weighted by Gasteiger charge is -2.09. The first-order valence-electron chi connectivity index (χ1n) is 3.59. The molecular formula is C9H10N2O. The highest BCUT2D eigenvalue weighted by molar-refractivity contribution is 5.96. The molecule has 0 radical (unpaired) electrons. The summed E-state index contributed by atoms with van der Waals surface area (Å²) in [5.74, 6) is 2.61. The molecule has 3 nitrogen and oxygen atoms in total. The lowest BCUT2D eigenvalue weighted by molar-refractivity contribution is -0.124. The molecule has 0 aromatic rings. The van der Waals surface area contributed by atoms with Crippen molar-refractivity contribution in [2.45, 2.75) is 0 Å². The second-order valence-corrected chi connectivity index (χ2v) is 2.56. The van der Waals surface area contributed by atoms with Gasteiger partial charge in [0.2, 0.25) is 0 Å². The summed E-state index contributed by atoms with van der Waals surface area (Å²) in [7, 11) is 3.43. The van der Waals surface area contributed by atoms with E-state index in [1.54, 1.807) is 38.5 Å². The molecule has 0 aromatic carbocycles. The smallest absolute Gasteiger partial charge is 0.253 e. The molecule has 0 saturated heterocycles. The zero-order valence-corrected chi connectivity index (χ0v) is 7.11. The number of carbonyl (C=O) groups is 1. The summed E-state index contributed by atoms with van der Waals surface area (Å²) >= 11 is 0. The van der Waals surface area contributed by atoms with Crippen molar-refractivity contribution in [2.24, 2.45) is 4.99 Å². The lowest BCUT2D eigenvalue weighted by atomic mass is 10.2. The molecule has 0 aromatic heterocycles. The van der Waals surface area contributed by atoms with Crippen molar-refractivity contribution in [2.75, 3.05) is 14.1 Å². The molecule has 12 heavy (non-hydrogen) atoms. The van der Waals surface area contributed by atoms with Gasteiger partial charge < -0.3 is 4.90 Å². The normalized spacial score (nSPS) is 14.0. The van der Waals surface area contributed by atoms with Crippen LogP contribution >= 0.6 is 0 Å². The molecule has 0 unspecified atom stereocenters. The molecule has 0 fully saturated rings. The summed E-state index contributed by atoms with van der Waals surface area (Å²) < 4.78 is 0. The van der Waals surface area contributed by atoms with Crippen LogP contribution in [0.15, 0.2) is 35.0 Å². The third kappa shape index (κ3) is 1.94. The number of hydrogen-bond acceptors (Lipinski definition) is 2. The van der Waals surface area contributed by atoms with Crippen LogP contribution in [-0.4, -0.2) is 30.8 Å². The topological polar surface area (TPSA) is 32.7 Å². The Morgan fingerprint density at radius 2 is 2.33 bits per heavy atom. The Morgan fingerprint density at radius 3 is 3.00 bits per heavy atom. The molecule has 0 atom stereocenters. The van der Waals surface area contributed by atoms with E-state index in [4.69, 9.17) is 0 Å². The molecule has 1 aliphatic rings. The number of hydrogen-bond donors (Lipinski definition) is 0. The maximum absolute atomic E-state index is 11.4. The highest BCUT2D eigenvalue weighted by atomic mass is 16.2. The van der Waals surface area contributed by atoms with Gasteiger partial charge in [-0.3, -0.25) is 4.79 Å². The molecule has 1 aliphatic heterocycles. The summed E-state index contributed by atoms with van der Waals surface area (Å²) in [6, 6.07) is 0. The third-order valence-electron chi connectivity index (χ3n) is 1.39. The minimum Gasteiger partial charge on any atom is -0.345 e. The fourth-order valence-electron chi connectivity index (χ4n) is 0.787. The van der Waals surface area contributed by atoms with E-state index in [2.05, 4.69) is 10.9 Å². The summed E-state index contributed by atoms with van der Waals surface area (Å²) in [5, 5.41) is 0. The summed E-state index contributed by atoms with van der Waals surface area (Å²) in [4.78, 5) is 16.6. The van der Waals surface area contributed by atoms with Gasteiger partial charge >= 0.3 is 0 Å². The van der Waals surface area contributed by atoms with Crippen LogP contribution in [0.1, 0.15) is 0 Å². The SMILES string of the molecule is CN(C)C(=O)C1=CC=C=NC=C1. The van der Waals surface area contributed by atoms with Crippen molar-refractivity contribution >= 4 is 11.8 Å². The first-order chi connectivity index (χ1) is 5.72. The largest absolute Gasteiger partial charge is 0.345 e. The molecule has 0 aliphatic carbocycles. The van der Waals surface area contributed by atoms with Crippen molar-refractivity contribution in [3.63, 3.8) is 0 Å². The first kappa shape index (κ1) is 8.50. The minimum absolute atomic E-state index is 0.0265. The van der Waals surface area contributed by atoms with Gasteiger partial charge in [-0.2, -0.15) is 0 Å². The zero-order chi connectivity index (χ0) is 8.97. The summed E-state index contributed by atoms with van der Waals surface area (Å²) in [6.45, 7) is 0. The van der Waals surface area contributed by atoms with E-state index >= 15 is 0 Å². The predicted octanol–water partition coefficient (Wildman–Crippen LogP) is 0.754. The zero-order valence-electron chi connectivity index (χ0n) is 7.11. The standard InChI is InChI=1S/C9H10N2O/c1-11(2)9(12)8-4-3-6-10-7-5-8/h3-5,7H,1-2H3. The summed E-state index contributed by atoms with van der Waals surface area (Å²) in [6.07, 6.45) is 6.53. The molecule has 62 valence electrons. The van der Waals surface area contributed by atoms with Gasteiger partial charge in [-0.1, -0.05) is 0 Å². The van der Waals surface area contributed by atoms with E-state index in [-0.39, 0.29) is 5.91 Å². The van der Waals surface area contributed by atoms with Crippen molar-refractivity contribution in [3.8, 4) is 0 Å². The van der Waals surface area contributed by atoms with Crippen molar-refractivity contribution in [3.05, 3.63) is 30.0 Å². The van der Waals surface area contributed by atoms with E-state index in [0.29, 0.717) is 5.57 Å². The van der Waals surface area contributed by atoms with E-state index in [0.717, 1.165) is 0 Å². The lowest BCUT2D eigenvalue weighted by Crippen LogP contribution is -2.22. The number of aliphatic imine (C=N–C) groups is 1. The van der Waals surface area contributed by atoms with Gasteiger partial charge in [0.25, 0.3) is 5.91 Å². The molecule has 0 saturated carbocycles. The fourth-order valence-corrected chi connectivity index (χ4v) is 0.787. The monoisotopic (exact) mass is 162 g/mol. The Hall–Kier alpha value is -1.60. The predicted molar refractivity (Wildman–Crippen MR) is 47.9 cm³/mol. The van der Waals surface area contributed by atoms with Crippen LogP contribution in [0, 0.1) is 0 Å². The number of allylic oxidation sites excluding steroid dienone is 2. The van der Waals surface area contributed by atoms with Gasteiger partial charge in [-0.15, -0.1) is 0 Å². The Labute approximate surface area is 71.4 Å². The Morgan fingerprint density at radius 1 is 1.58 bits per heavy atom. The quantitative estimate of drug-likeness (QED) is 0.560. The Kier molecular flexibility index (Phi) is 2.62. The van der Waals surface area contributed by atoms with Crippen molar-refractivity contribution in [1.29, 1.82) is 0 Å². The van der Waals surface area contributed by atoms with Crippen LogP contribution in [0.5, 0.6) is 0 Å². The molecule has 0 N–H and O–H groups in total. The van der Waals surface area contributed by atoms with Gasteiger partial charge in [0, 0.05) is 31.9 Å². The highest BCUT2D eigenvalue weighted by Gasteiger charge is 2.07. The van der Waals surface area contributed by atoms with E-state index in [1.807, 2.05) is 0 Å². The van der Waals surface area contributed by atoms with Gasteiger partial charge in [-0.25, -0.2) is 4.99 Å². The third-order valence-corrected chi connectivity index (χ3v) is 1.39. The minimum atomic E-state index is -0.0265. The average Bonchev–Trinajstić information content (AvgIpc) is 2.30. The van der Waals surface area contributed by atoms with Crippen molar-refractivity contribution < 1.29 is 4.79 Å². The van der Waals surface area contributed by atoms with Gasteiger partial charge in [-0.05, 0) is 18.0 Å². The number of likely N-dealkylation sites (N-methyl/N-ethyl adjacent to an activating group) is 1. The Bertz CT molecular complexity index is 304. The second-order valence-electron chi connectivity index (χ2n) is 2.56. The first-order valence-corrected chi connectivity index (χ1v) is 3.59. The molecule has 0 spiro atoms. The second kappa shape index (κ2) is 3.69. The number of amides is 1. The number of carbonyl (C=O) groups excluding carboxylic acids is 1. The van der Waals surface area contributed by atoms with Crippen LogP contribution in [0.25, 0.3) is 0 Å². The van der Waals surface area contributed by atoms with Crippen LogP contribution in [0.4, 0.5) is 0 Å². The average molecular weight is 162 g/mol. The van der Waals surface area contributed by atoms with Crippen molar-refractivity contribution in [1.82, 2.24) is 4.90 Å². The number of rotatable bonds is 1. The fraction of sp³-hybridized carbons (Fsp3) is 0.222. The van der Waals surface area contributed by atoms with Crippen LogP contribution in [0.2, 0.25) is 0 Å². The Balaban J connectivity index is 2.85. The van der Waals surface area contributed by atoms with Crippen LogP contribution in [0.3, 0.4) is 0 Å². The molecule has 0 bridgehead atoms. The van der Waals surface area contributed by atoms with Gasteiger partial charge in [0.15, 0.2) is 0 Å². The molecule has 3 heteroatoms. The van der Waals surface area contributed by atoms with Gasteiger partial charge in [0.05, 0.1) is 0 Å². The van der Waals surface area contributed by atoms with Crippen LogP contribution in [-0.2, 0) is 4.79 Å². The highest BCUT2D eigenvalue weighted by Crippen LogP contribution is 2.02. The van der Waals surface area contributed by atoms with Gasteiger partial charge in [0.1, 0.15) is 0 Å². The molecular weight excluding hydrogens is 152 g/mol. The maximum Gasteiger partial charge on any atom is 0.253 e. The number of nitrogens with zero attached hydrogens (tertiary/aromatic N) is 2. The van der Waals surface area contributed by atoms with E-state index in [1.165, 1.54) is 4.90 Å². The molecule has 1 rings (SSSR count).